The Morgan fingerprint density at radius 2 is 0.881 bits per heavy atom. The molecule has 0 bridgehead atoms. The molecule has 0 aromatic heterocycles. The minimum atomic E-state index is -5.19. The van der Waals surface area contributed by atoms with E-state index in [1.54, 1.807) is 18.2 Å². The van der Waals surface area contributed by atoms with Crippen LogP contribution in [0.4, 0.5) is 0 Å². The first kappa shape index (κ1) is 30.1. The van der Waals surface area contributed by atoms with Crippen LogP contribution in [0.1, 0.15) is 0 Å². The van der Waals surface area contributed by atoms with Crippen LogP contribution < -0.4 is 30.7 Å². The van der Waals surface area contributed by atoms with Crippen LogP contribution in [0.5, 0.6) is 5.75 Å². The van der Waals surface area contributed by atoms with Crippen molar-refractivity contribution < 1.29 is 25.2 Å². The van der Waals surface area contributed by atoms with Crippen molar-refractivity contribution in [3.8, 4) is 5.75 Å². The fraction of sp³-hybridized carbons (Fsp3) is 0.0625. The van der Waals surface area contributed by atoms with Crippen molar-refractivity contribution in [2.75, 3.05) is 12.8 Å². The Bertz CT molecular complexity index is 1730. The summed E-state index contributed by atoms with van der Waals surface area (Å²) in [6, 6.07) is 45.3. The lowest BCUT2D eigenvalue weighted by Gasteiger charge is -2.22. The molecule has 0 unspecified atom stereocenters. The number of hydrogen-bond donors (Lipinski definition) is 0. The summed E-state index contributed by atoms with van der Waals surface area (Å²) in [5.74, 6) is -0.0562. The average molecular weight is 635 g/mol. The molecule has 0 saturated heterocycles. The maximum atomic E-state index is 13.2. The number of para-hydroxylation sites is 1. The molecule has 5 aromatic rings. The van der Waals surface area contributed by atoms with Crippen LogP contribution in [0.2, 0.25) is 0 Å². The van der Waals surface area contributed by atoms with Gasteiger partial charge in [0.05, 0.1) is 6.61 Å². The van der Waals surface area contributed by atoms with Crippen molar-refractivity contribution in [3.05, 3.63) is 146 Å². The molecular weight excluding hydrogens is 606 g/mol. The van der Waals surface area contributed by atoms with E-state index in [0.717, 1.165) is 21.2 Å². The summed E-state index contributed by atoms with van der Waals surface area (Å²) < 4.78 is 62.8. The van der Waals surface area contributed by atoms with Gasteiger partial charge >= 0.3 is 18.3 Å². The first-order chi connectivity index (χ1) is 20.4. The van der Waals surface area contributed by atoms with Crippen LogP contribution in [0.25, 0.3) is 0 Å². The third kappa shape index (κ3) is 7.15. The molecule has 0 spiro atoms. The molecule has 0 saturated carbocycles. The van der Waals surface area contributed by atoms with Crippen molar-refractivity contribution >= 4 is 60.7 Å². The van der Waals surface area contributed by atoms with Gasteiger partial charge in [-0.1, -0.05) is 140 Å². The Labute approximate surface area is 249 Å². The number of hydrogen-bond acceptors (Lipinski definition) is 6. The highest BCUT2D eigenvalue weighted by atomic mass is 33.2. The molecule has 0 aliphatic rings. The molecule has 6 nitrogen and oxygen atoms in total. The minimum absolute atomic E-state index is 0.0562. The van der Waals surface area contributed by atoms with E-state index in [0.29, 0.717) is 11.5 Å². The zero-order valence-electron chi connectivity index (χ0n) is 22.4. The smallest absolute Gasteiger partial charge is 0.369 e. The van der Waals surface area contributed by atoms with E-state index in [1.165, 1.54) is 6.07 Å². The van der Waals surface area contributed by atoms with Gasteiger partial charge in [-0.3, -0.25) is 4.18 Å². The zero-order valence-corrected chi connectivity index (χ0v) is 25.9. The van der Waals surface area contributed by atoms with E-state index < -0.39 is 34.1 Å². The van der Waals surface area contributed by atoms with Gasteiger partial charge in [0.25, 0.3) is 0 Å². The maximum Gasteiger partial charge on any atom is 0.444 e. The highest BCUT2D eigenvalue weighted by Gasteiger charge is 2.35. The summed E-state index contributed by atoms with van der Waals surface area (Å²) in [5, 5.41) is 4.55. The Morgan fingerprint density at radius 3 is 1.36 bits per heavy atom. The van der Waals surface area contributed by atoms with Gasteiger partial charge in [0.15, 0.2) is 5.75 Å². The standard InChI is InChI=1S/C32H28O6P2S2/c33-41(34,37-25-26-39(27-15-5-1-6-16-27)28-17-7-2-8-18-28)42(35,36)38-31-23-13-14-24-32(31)40(29-19-9-3-10-20-29)30-21-11-4-12-22-30/h1-24H,25-26H2. The number of benzene rings is 5. The zero-order chi connectivity index (χ0) is 29.4. The molecule has 0 heterocycles. The summed E-state index contributed by atoms with van der Waals surface area (Å²) in [5.41, 5.74) is 0. The first-order valence-corrected chi connectivity index (χ1v) is 19.3. The Kier molecular flexibility index (Phi) is 9.84. The second-order valence-electron chi connectivity index (χ2n) is 9.02. The van der Waals surface area contributed by atoms with Gasteiger partial charge in [-0.25, -0.2) is 0 Å². The maximum absolute atomic E-state index is 13.2. The topological polar surface area (TPSA) is 86.7 Å². The monoisotopic (exact) mass is 634 g/mol. The average Bonchev–Trinajstić information content (AvgIpc) is 3.02. The Balaban J connectivity index is 1.38. The summed E-state index contributed by atoms with van der Waals surface area (Å²) in [4.78, 5) is 0. The highest BCUT2D eigenvalue weighted by Crippen LogP contribution is 2.37. The third-order valence-corrected chi connectivity index (χ3v) is 14.5. The Morgan fingerprint density at radius 1 is 0.476 bits per heavy atom. The molecule has 10 heteroatoms. The van der Waals surface area contributed by atoms with Crippen LogP contribution in [-0.2, 0) is 22.5 Å². The quantitative estimate of drug-likeness (QED) is 0.148. The molecule has 0 fully saturated rings. The van der Waals surface area contributed by atoms with Crippen LogP contribution in [0, 0.1) is 0 Å². The molecule has 0 N–H and O–H groups in total. The molecule has 0 atom stereocenters. The minimum Gasteiger partial charge on any atom is -0.369 e. The fourth-order valence-corrected chi connectivity index (χ4v) is 10.9. The summed E-state index contributed by atoms with van der Waals surface area (Å²) >= 11 is 0. The van der Waals surface area contributed by atoms with Crippen LogP contribution >= 0.6 is 15.8 Å². The van der Waals surface area contributed by atoms with Crippen molar-refractivity contribution in [1.82, 2.24) is 0 Å². The van der Waals surface area contributed by atoms with Crippen LogP contribution in [0.15, 0.2) is 146 Å². The largest absolute Gasteiger partial charge is 0.444 e. The molecule has 0 aliphatic carbocycles. The lowest BCUT2D eigenvalue weighted by molar-refractivity contribution is 0.346. The van der Waals surface area contributed by atoms with Gasteiger partial charge in [-0.05, 0) is 43.1 Å². The second-order valence-corrected chi connectivity index (χ2v) is 18.0. The summed E-state index contributed by atoms with van der Waals surface area (Å²) in [7, 11) is -12.5. The van der Waals surface area contributed by atoms with Gasteiger partial charge in [0.2, 0.25) is 0 Å². The molecule has 5 aromatic carbocycles. The normalized spacial score (nSPS) is 12.0. The molecule has 0 radical (unpaired) electrons. The fourth-order valence-electron chi connectivity index (χ4n) is 4.36. The van der Waals surface area contributed by atoms with Crippen molar-refractivity contribution in [3.63, 3.8) is 0 Å². The molecule has 5 rings (SSSR count). The van der Waals surface area contributed by atoms with Crippen molar-refractivity contribution in [2.45, 2.75) is 0 Å². The lowest BCUT2D eigenvalue weighted by atomic mass is 10.3. The van der Waals surface area contributed by atoms with Crippen LogP contribution in [0.3, 0.4) is 0 Å². The lowest BCUT2D eigenvalue weighted by Crippen LogP contribution is -2.28. The first-order valence-electron chi connectivity index (χ1n) is 13.1. The number of rotatable bonds is 12. The van der Waals surface area contributed by atoms with E-state index in [-0.39, 0.29) is 12.4 Å². The van der Waals surface area contributed by atoms with E-state index >= 15 is 0 Å². The summed E-state index contributed by atoms with van der Waals surface area (Å²) in [6.45, 7) is -0.317. The van der Waals surface area contributed by atoms with Gasteiger partial charge in [0, 0.05) is 11.5 Å². The van der Waals surface area contributed by atoms with Crippen molar-refractivity contribution in [2.24, 2.45) is 0 Å². The van der Waals surface area contributed by atoms with Gasteiger partial charge in [-0.15, -0.1) is 0 Å². The van der Waals surface area contributed by atoms with Gasteiger partial charge in [-0.2, -0.15) is 16.8 Å². The molecular formula is C32H28O6P2S2. The second kappa shape index (κ2) is 13.7. The molecule has 0 aliphatic heterocycles. The predicted octanol–water partition coefficient (Wildman–Crippen LogP) is 4.55. The predicted molar refractivity (Wildman–Crippen MR) is 174 cm³/mol. The third-order valence-electron chi connectivity index (χ3n) is 6.26. The van der Waals surface area contributed by atoms with E-state index in [2.05, 4.69) is 0 Å². The van der Waals surface area contributed by atoms with Crippen molar-refractivity contribution in [1.29, 1.82) is 0 Å². The van der Waals surface area contributed by atoms with Crippen LogP contribution in [-0.4, -0.2) is 29.6 Å². The van der Waals surface area contributed by atoms with Gasteiger partial charge in [0.1, 0.15) is 0 Å². The highest BCUT2D eigenvalue weighted by molar-refractivity contribution is 8.63. The SMILES string of the molecule is O=S(=O)(OCCP(c1ccccc1)c1ccccc1)S(=O)(=O)Oc1ccccc1P(c1ccccc1)c1ccccc1. The van der Waals surface area contributed by atoms with E-state index in [4.69, 9.17) is 8.37 Å². The van der Waals surface area contributed by atoms with Gasteiger partial charge < -0.3 is 4.18 Å². The van der Waals surface area contributed by atoms with E-state index in [9.17, 15) is 16.8 Å². The Hall–Kier alpha value is -3.38. The molecule has 42 heavy (non-hydrogen) atoms. The summed E-state index contributed by atoms with van der Waals surface area (Å²) in [6.07, 6.45) is 0.308. The van der Waals surface area contributed by atoms with E-state index in [1.807, 2.05) is 121 Å². The molecule has 214 valence electrons. The molecule has 0 amide bonds.